The monoisotopic (exact) mass is 559 g/mol. The van der Waals surface area contributed by atoms with E-state index in [4.69, 9.17) is 20.2 Å². The highest BCUT2D eigenvalue weighted by Crippen LogP contribution is 2.26. The number of halogens is 1. The van der Waals surface area contributed by atoms with Crippen molar-refractivity contribution >= 4 is 36.0 Å². The Balaban J connectivity index is 0.00000363. The maximum absolute atomic E-state index is 11.8. The van der Waals surface area contributed by atoms with Gasteiger partial charge in [-0.2, -0.15) is 0 Å². The summed E-state index contributed by atoms with van der Waals surface area (Å²) in [4.78, 5) is 18.3. The molecule has 1 unspecified atom stereocenters. The first-order valence-electron chi connectivity index (χ1n) is 11.4. The predicted molar refractivity (Wildman–Crippen MR) is 137 cm³/mol. The first-order chi connectivity index (χ1) is 15.0. The van der Waals surface area contributed by atoms with Gasteiger partial charge in [-0.3, -0.25) is 4.99 Å². The van der Waals surface area contributed by atoms with Crippen LogP contribution in [0.25, 0.3) is 0 Å². The van der Waals surface area contributed by atoms with E-state index in [1.807, 2.05) is 13.0 Å². The van der Waals surface area contributed by atoms with Gasteiger partial charge in [0.15, 0.2) is 5.96 Å². The fraction of sp³-hybridized carbons (Fsp3) is 0.652. The fourth-order valence-corrected chi connectivity index (χ4v) is 4.31. The molecule has 2 heterocycles. The molecule has 8 nitrogen and oxygen atoms in total. The highest BCUT2D eigenvalue weighted by Gasteiger charge is 2.34. The Morgan fingerprint density at radius 3 is 2.56 bits per heavy atom. The molecule has 1 atom stereocenters. The van der Waals surface area contributed by atoms with E-state index < -0.39 is 0 Å². The molecule has 0 saturated carbocycles. The zero-order valence-corrected chi connectivity index (χ0v) is 21.5. The summed E-state index contributed by atoms with van der Waals surface area (Å²) in [6.45, 7) is 7.81. The third kappa shape index (κ3) is 7.77. The molecule has 1 aromatic rings. The molecule has 32 heavy (non-hydrogen) atoms. The minimum atomic E-state index is -0.234. The van der Waals surface area contributed by atoms with E-state index in [1.165, 1.54) is 5.56 Å². The van der Waals surface area contributed by atoms with Gasteiger partial charge in [0, 0.05) is 43.9 Å². The van der Waals surface area contributed by atoms with E-state index >= 15 is 0 Å². The first-order valence-corrected chi connectivity index (χ1v) is 11.4. The second-order valence-electron chi connectivity index (χ2n) is 8.48. The Morgan fingerprint density at radius 2 is 1.94 bits per heavy atom. The molecule has 1 aromatic carbocycles. The molecule has 0 radical (unpaired) electrons. The number of nitrogens with zero attached hydrogens (tertiary/aromatic N) is 2. The van der Waals surface area contributed by atoms with E-state index in [0.717, 1.165) is 38.9 Å². The van der Waals surface area contributed by atoms with Crippen LogP contribution >= 0.6 is 24.0 Å². The van der Waals surface area contributed by atoms with Crippen molar-refractivity contribution in [1.29, 1.82) is 0 Å². The number of rotatable bonds is 7. The minimum absolute atomic E-state index is 0. The Morgan fingerprint density at radius 1 is 1.28 bits per heavy atom. The number of benzene rings is 1. The summed E-state index contributed by atoms with van der Waals surface area (Å²) in [5.41, 5.74) is 7.37. The van der Waals surface area contributed by atoms with Crippen LogP contribution in [0.4, 0.5) is 4.79 Å². The molecule has 2 aliphatic heterocycles. The number of piperidine rings is 1. The molecule has 2 saturated heterocycles. The molecule has 0 spiro atoms. The lowest BCUT2D eigenvalue weighted by Crippen LogP contribution is -2.53. The maximum atomic E-state index is 11.8. The molecule has 1 amide bonds. The topological polar surface area (TPSA) is 101 Å². The second kappa shape index (κ2) is 13.2. The van der Waals surface area contributed by atoms with Gasteiger partial charge in [0.05, 0.1) is 13.2 Å². The molecule has 2 fully saturated rings. The molecule has 180 valence electrons. The van der Waals surface area contributed by atoms with Gasteiger partial charge in [0.1, 0.15) is 0 Å². The van der Waals surface area contributed by atoms with Crippen molar-refractivity contribution in [1.82, 2.24) is 15.5 Å². The van der Waals surface area contributed by atoms with Crippen molar-refractivity contribution in [2.75, 3.05) is 39.5 Å². The van der Waals surface area contributed by atoms with Crippen LogP contribution in [0, 0.1) is 0 Å². The number of carbonyl (C=O) groups excluding carboxylic acids is 1. The highest BCUT2D eigenvalue weighted by atomic mass is 127. The summed E-state index contributed by atoms with van der Waals surface area (Å²) in [6.07, 6.45) is 3.23. The van der Waals surface area contributed by atoms with Gasteiger partial charge in [0.25, 0.3) is 0 Å². The number of nitrogens with two attached hydrogens (primary N) is 1. The lowest BCUT2D eigenvalue weighted by molar-refractivity contribution is 0.0374. The number of hydrogen-bond acceptors (Lipinski definition) is 5. The Hall–Kier alpha value is -1.59. The first kappa shape index (κ1) is 26.7. The van der Waals surface area contributed by atoms with Crippen LogP contribution in [-0.2, 0) is 9.47 Å². The number of guanidine groups is 1. The van der Waals surface area contributed by atoms with Gasteiger partial charge < -0.3 is 30.7 Å². The van der Waals surface area contributed by atoms with Crippen LogP contribution in [0.5, 0.6) is 0 Å². The number of ether oxygens (including phenoxy) is 2. The lowest BCUT2D eigenvalue weighted by atomic mass is 9.88. The van der Waals surface area contributed by atoms with Gasteiger partial charge >= 0.3 is 6.09 Å². The van der Waals surface area contributed by atoms with Gasteiger partial charge in [0.2, 0.25) is 0 Å². The number of aliphatic imine (C=N–C) groups is 1. The summed E-state index contributed by atoms with van der Waals surface area (Å²) in [5.74, 6) is 0.467. The van der Waals surface area contributed by atoms with E-state index in [1.54, 1.807) is 4.90 Å². The predicted octanol–water partition coefficient (Wildman–Crippen LogP) is 3.03. The largest absolute Gasteiger partial charge is 0.450 e. The zero-order valence-electron chi connectivity index (χ0n) is 19.2. The standard InChI is InChI=1S/C23H37N5O3.HI/c1-3-31-22(29)28-13-9-20(10-14-28)26-21(24)25-17-23(11-15-30-16-12-23)27-18(2)19-7-5-4-6-8-19;/h4-8,18,20,27H,3,9-17H2,1-2H3,(H3,24,25,26);1H. The Kier molecular flexibility index (Phi) is 11.0. The van der Waals surface area contributed by atoms with E-state index in [-0.39, 0.29) is 47.7 Å². The van der Waals surface area contributed by atoms with Crippen molar-refractivity contribution in [3.8, 4) is 0 Å². The molecule has 0 aliphatic carbocycles. The Bertz CT molecular complexity index is 720. The summed E-state index contributed by atoms with van der Waals surface area (Å²) in [6, 6.07) is 10.9. The third-order valence-electron chi connectivity index (χ3n) is 6.20. The lowest BCUT2D eigenvalue weighted by Gasteiger charge is -2.39. The molecular formula is C23H38IN5O3. The minimum Gasteiger partial charge on any atom is -0.450 e. The van der Waals surface area contributed by atoms with Crippen molar-refractivity contribution in [3.63, 3.8) is 0 Å². The van der Waals surface area contributed by atoms with Crippen LogP contribution in [0.2, 0.25) is 0 Å². The number of carbonyl (C=O) groups is 1. The highest BCUT2D eigenvalue weighted by molar-refractivity contribution is 14.0. The molecule has 0 bridgehead atoms. The average molecular weight is 559 g/mol. The van der Waals surface area contributed by atoms with Gasteiger partial charge in [-0.15, -0.1) is 24.0 Å². The quantitative estimate of drug-likeness (QED) is 0.270. The number of likely N-dealkylation sites (tertiary alicyclic amines) is 1. The van der Waals surface area contributed by atoms with Crippen molar-refractivity contribution < 1.29 is 14.3 Å². The average Bonchev–Trinajstić information content (AvgIpc) is 2.80. The van der Waals surface area contributed by atoms with Crippen LogP contribution in [0.15, 0.2) is 35.3 Å². The molecular weight excluding hydrogens is 521 g/mol. The van der Waals surface area contributed by atoms with Gasteiger partial charge in [-0.25, -0.2) is 4.79 Å². The summed E-state index contributed by atoms with van der Waals surface area (Å²) >= 11 is 0. The number of amides is 1. The van der Waals surface area contributed by atoms with E-state index in [9.17, 15) is 4.79 Å². The SMILES string of the molecule is CCOC(=O)N1CCC(NC(N)=NCC2(NC(C)c3ccccc3)CCOCC2)CC1.I. The maximum Gasteiger partial charge on any atom is 0.409 e. The number of nitrogens with one attached hydrogen (secondary N) is 2. The normalized spacial score (nSPS) is 20.2. The van der Waals surface area contributed by atoms with Gasteiger partial charge in [-0.1, -0.05) is 30.3 Å². The number of hydrogen-bond donors (Lipinski definition) is 3. The van der Waals surface area contributed by atoms with Crippen LogP contribution in [0.3, 0.4) is 0 Å². The smallest absolute Gasteiger partial charge is 0.409 e. The molecule has 2 aliphatic rings. The summed E-state index contributed by atoms with van der Waals surface area (Å²) in [5, 5.41) is 7.15. The fourth-order valence-electron chi connectivity index (χ4n) is 4.31. The Labute approximate surface area is 208 Å². The second-order valence-corrected chi connectivity index (χ2v) is 8.48. The van der Waals surface area contributed by atoms with Gasteiger partial charge in [-0.05, 0) is 45.1 Å². The van der Waals surface area contributed by atoms with Crippen LogP contribution in [-0.4, -0.2) is 68.0 Å². The van der Waals surface area contributed by atoms with Crippen molar-refractivity contribution in [3.05, 3.63) is 35.9 Å². The van der Waals surface area contributed by atoms with Crippen molar-refractivity contribution in [2.45, 2.75) is 57.2 Å². The molecule has 0 aromatic heterocycles. The third-order valence-corrected chi connectivity index (χ3v) is 6.20. The zero-order chi connectivity index (χ0) is 22.1. The molecule has 3 rings (SSSR count). The molecule has 4 N–H and O–H groups in total. The van der Waals surface area contributed by atoms with E-state index in [0.29, 0.717) is 32.2 Å². The summed E-state index contributed by atoms with van der Waals surface area (Å²) in [7, 11) is 0. The van der Waals surface area contributed by atoms with Crippen molar-refractivity contribution in [2.24, 2.45) is 10.7 Å². The van der Waals surface area contributed by atoms with E-state index in [2.05, 4.69) is 41.8 Å². The van der Waals surface area contributed by atoms with Crippen LogP contribution < -0.4 is 16.4 Å². The molecule has 9 heteroatoms. The van der Waals surface area contributed by atoms with Crippen LogP contribution in [0.1, 0.15) is 51.1 Å². The summed E-state index contributed by atoms with van der Waals surface area (Å²) < 4.78 is 10.7.